The topological polar surface area (TPSA) is 24.7 Å². The van der Waals surface area contributed by atoms with Crippen molar-refractivity contribution in [3.05, 3.63) is 24.8 Å². The molecule has 0 aromatic carbocycles. The molecule has 0 aliphatic carbocycles. The standard InChI is InChI=1S/C11H18N2/c1-5-7-9-13-11(3,4)10-12-8-6-2/h5-9H,2,10H2,1,3-4H3/b7-5-,12-8?,13-9?. The Morgan fingerprint density at radius 2 is 2.00 bits per heavy atom. The van der Waals surface area contributed by atoms with Crippen molar-refractivity contribution in [2.24, 2.45) is 9.98 Å². The van der Waals surface area contributed by atoms with E-state index < -0.39 is 0 Å². The van der Waals surface area contributed by atoms with Gasteiger partial charge in [0, 0.05) is 12.4 Å². The zero-order valence-corrected chi connectivity index (χ0v) is 8.70. The van der Waals surface area contributed by atoms with E-state index in [1.807, 2.05) is 39.1 Å². The molecule has 0 radical (unpaired) electrons. The lowest BCUT2D eigenvalue weighted by molar-refractivity contribution is 0.541. The highest BCUT2D eigenvalue weighted by molar-refractivity contribution is 5.71. The Balaban J connectivity index is 4.06. The van der Waals surface area contributed by atoms with Crippen molar-refractivity contribution in [3.63, 3.8) is 0 Å². The van der Waals surface area contributed by atoms with Crippen LogP contribution in [0.25, 0.3) is 0 Å². The smallest absolute Gasteiger partial charge is 0.0746 e. The molecule has 0 aliphatic rings. The number of rotatable bonds is 5. The zero-order chi connectivity index (χ0) is 10.2. The second-order valence-electron chi connectivity index (χ2n) is 3.34. The Morgan fingerprint density at radius 1 is 1.31 bits per heavy atom. The molecule has 0 unspecified atom stereocenters. The number of allylic oxidation sites excluding steroid dienone is 3. The van der Waals surface area contributed by atoms with Gasteiger partial charge in [0.1, 0.15) is 0 Å². The van der Waals surface area contributed by atoms with E-state index in [1.165, 1.54) is 0 Å². The van der Waals surface area contributed by atoms with E-state index in [1.54, 1.807) is 12.3 Å². The van der Waals surface area contributed by atoms with E-state index in [0.717, 1.165) is 0 Å². The van der Waals surface area contributed by atoms with Gasteiger partial charge in [0.15, 0.2) is 0 Å². The average molecular weight is 178 g/mol. The summed E-state index contributed by atoms with van der Waals surface area (Å²) >= 11 is 0. The maximum atomic E-state index is 4.36. The molecule has 2 nitrogen and oxygen atoms in total. The van der Waals surface area contributed by atoms with Crippen LogP contribution in [-0.4, -0.2) is 24.5 Å². The first kappa shape index (κ1) is 11.8. The summed E-state index contributed by atoms with van der Waals surface area (Å²) in [4.78, 5) is 8.52. The molecule has 0 aliphatic heterocycles. The van der Waals surface area contributed by atoms with Crippen molar-refractivity contribution in [1.82, 2.24) is 0 Å². The van der Waals surface area contributed by atoms with Crippen LogP contribution in [0.3, 0.4) is 0 Å². The molecule has 0 spiro atoms. The predicted molar refractivity (Wildman–Crippen MR) is 60.9 cm³/mol. The van der Waals surface area contributed by atoms with E-state index in [4.69, 9.17) is 0 Å². The van der Waals surface area contributed by atoms with E-state index in [9.17, 15) is 0 Å². The fourth-order valence-electron chi connectivity index (χ4n) is 0.722. The summed E-state index contributed by atoms with van der Waals surface area (Å²) in [5.74, 6) is 0. The summed E-state index contributed by atoms with van der Waals surface area (Å²) in [5, 5.41) is 0. The summed E-state index contributed by atoms with van der Waals surface area (Å²) in [6.07, 6.45) is 9.05. The van der Waals surface area contributed by atoms with Crippen molar-refractivity contribution in [1.29, 1.82) is 0 Å². The van der Waals surface area contributed by atoms with Gasteiger partial charge in [-0.1, -0.05) is 18.7 Å². The van der Waals surface area contributed by atoms with E-state index in [2.05, 4.69) is 16.6 Å². The van der Waals surface area contributed by atoms with Gasteiger partial charge in [-0.3, -0.25) is 9.98 Å². The van der Waals surface area contributed by atoms with E-state index in [-0.39, 0.29) is 5.54 Å². The third-order valence-corrected chi connectivity index (χ3v) is 1.39. The molecule has 0 saturated heterocycles. The molecule has 2 heteroatoms. The quantitative estimate of drug-likeness (QED) is 0.578. The maximum Gasteiger partial charge on any atom is 0.0746 e. The van der Waals surface area contributed by atoms with Crippen LogP contribution >= 0.6 is 0 Å². The first-order valence-corrected chi connectivity index (χ1v) is 4.40. The fourth-order valence-corrected chi connectivity index (χ4v) is 0.722. The SMILES string of the molecule is C=CC=NCC(C)(C)N=C/C=C\C. The molecule has 0 rings (SSSR count). The van der Waals surface area contributed by atoms with Crippen LogP contribution in [0.15, 0.2) is 34.8 Å². The summed E-state index contributed by atoms with van der Waals surface area (Å²) in [5.41, 5.74) is -0.126. The van der Waals surface area contributed by atoms with Crippen molar-refractivity contribution in [2.45, 2.75) is 26.3 Å². The zero-order valence-electron chi connectivity index (χ0n) is 8.70. The summed E-state index contributed by atoms with van der Waals surface area (Å²) in [6, 6.07) is 0. The Labute approximate surface area is 80.8 Å². The normalized spacial score (nSPS) is 13.5. The molecule has 0 N–H and O–H groups in total. The highest BCUT2D eigenvalue weighted by atomic mass is 14.9. The molecule has 13 heavy (non-hydrogen) atoms. The monoisotopic (exact) mass is 178 g/mol. The first-order valence-electron chi connectivity index (χ1n) is 4.40. The number of nitrogens with zero attached hydrogens (tertiary/aromatic N) is 2. The summed E-state index contributed by atoms with van der Waals surface area (Å²) in [6.45, 7) is 10.3. The van der Waals surface area contributed by atoms with Crippen LogP contribution in [0.1, 0.15) is 20.8 Å². The maximum absolute atomic E-state index is 4.36. The van der Waals surface area contributed by atoms with Crippen molar-refractivity contribution >= 4 is 12.4 Å². The predicted octanol–water partition coefficient (Wildman–Crippen LogP) is 2.67. The second kappa shape index (κ2) is 6.35. The molecule has 0 amide bonds. The van der Waals surface area contributed by atoms with Gasteiger partial charge >= 0.3 is 0 Å². The van der Waals surface area contributed by atoms with Crippen LogP contribution in [0.5, 0.6) is 0 Å². The Hall–Kier alpha value is -1.18. The summed E-state index contributed by atoms with van der Waals surface area (Å²) in [7, 11) is 0. The molecule has 0 aromatic rings. The number of aliphatic imine (C=N–C) groups is 2. The number of hydrogen-bond donors (Lipinski definition) is 0. The molecule has 0 aromatic heterocycles. The molecular formula is C11H18N2. The van der Waals surface area contributed by atoms with Gasteiger partial charge < -0.3 is 0 Å². The second-order valence-corrected chi connectivity index (χ2v) is 3.34. The molecular weight excluding hydrogens is 160 g/mol. The van der Waals surface area contributed by atoms with Crippen LogP contribution in [0.2, 0.25) is 0 Å². The van der Waals surface area contributed by atoms with Gasteiger partial charge in [-0.2, -0.15) is 0 Å². The van der Waals surface area contributed by atoms with Crippen molar-refractivity contribution in [2.75, 3.05) is 6.54 Å². The molecule has 0 atom stereocenters. The van der Waals surface area contributed by atoms with E-state index in [0.29, 0.717) is 6.54 Å². The van der Waals surface area contributed by atoms with E-state index >= 15 is 0 Å². The van der Waals surface area contributed by atoms with Crippen LogP contribution < -0.4 is 0 Å². The van der Waals surface area contributed by atoms with Crippen molar-refractivity contribution < 1.29 is 0 Å². The molecule has 72 valence electrons. The molecule has 0 saturated carbocycles. The molecule has 0 bridgehead atoms. The van der Waals surface area contributed by atoms with Gasteiger partial charge in [0.2, 0.25) is 0 Å². The highest BCUT2D eigenvalue weighted by Gasteiger charge is 2.12. The summed E-state index contributed by atoms with van der Waals surface area (Å²) < 4.78 is 0. The van der Waals surface area contributed by atoms with Crippen molar-refractivity contribution in [3.8, 4) is 0 Å². The Kier molecular flexibility index (Phi) is 5.77. The van der Waals surface area contributed by atoms with Gasteiger partial charge in [-0.25, -0.2) is 0 Å². The number of hydrogen-bond acceptors (Lipinski definition) is 2. The van der Waals surface area contributed by atoms with Crippen LogP contribution in [0.4, 0.5) is 0 Å². The largest absolute Gasteiger partial charge is 0.291 e. The minimum atomic E-state index is -0.126. The lowest BCUT2D eigenvalue weighted by Gasteiger charge is -2.15. The molecule has 0 fully saturated rings. The van der Waals surface area contributed by atoms with Crippen LogP contribution in [0, 0.1) is 0 Å². The van der Waals surface area contributed by atoms with Gasteiger partial charge in [-0.15, -0.1) is 0 Å². The lowest BCUT2D eigenvalue weighted by atomic mass is 10.1. The Bertz CT molecular complexity index is 222. The third-order valence-electron chi connectivity index (χ3n) is 1.39. The minimum absolute atomic E-state index is 0.126. The van der Waals surface area contributed by atoms with Crippen LogP contribution in [-0.2, 0) is 0 Å². The van der Waals surface area contributed by atoms with Gasteiger partial charge in [0.25, 0.3) is 0 Å². The third kappa shape index (κ3) is 7.19. The fraction of sp³-hybridized carbons (Fsp3) is 0.455. The minimum Gasteiger partial charge on any atom is -0.291 e. The van der Waals surface area contributed by atoms with Gasteiger partial charge in [-0.05, 0) is 26.8 Å². The first-order chi connectivity index (χ1) is 6.12. The molecule has 0 heterocycles. The highest BCUT2D eigenvalue weighted by Crippen LogP contribution is 2.07. The lowest BCUT2D eigenvalue weighted by Crippen LogP contribution is -2.20. The average Bonchev–Trinajstić information content (AvgIpc) is 2.05. The Morgan fingerprint density at radius 3 is 2.54 bits per heavy atom. The van der Waals surface area contributed by atoms with Gasteiger partial charge in [0.05, 0.1) is 12.1 Å².